The van der Waals surface area contributed by atoms with Gasteiger partial charge >= 0.3 is 12.3 Å². The van der Waals surface area contributed by atoms with Crippen LogP contribution in [0.2, 0.25) is 0 Å². The zero-order chi connectivity index (χ0) is 29.5. The Labute approximate surface area is 225 Å². The smallest absolute Gasteiger partial charge is 0.408 e. The fourth-order valence-corrected chi connectivity index (χ4v) is 3.40. The van der Waals surface area contributed by atoms with Crippen LogP contribution < -0.4 is 27.0 Å². The number of hydrogen-bond acceptors (Lipinski definition) is 7. The van der Waals surface area contributed by atoms with Crippen molar-refractivity contribution < 1.29 is 33.5 Å². The summed E-state index contributed by atoms with van der Waals surface area (Å²) >= 11 is 0. The fraction of sp³-hybridized carbons (Fsp3) is 0.760. The number of nitrogens with zero attached hydrogens (tertiary/aromatic N) is 2. The molecule has 0 aliphatic heterocycles. The van der Waals surface area contributed by atoms with Crippen molar-refractivity contribution in [3.05, 3.63) is 5.53 Å². The molecule has 0 aliphatic rings. The molecule has 0 aliphatic carbocycles. The molecule has 0 aromatic rings. The number of amides is 4. The first-order valence-electron chi connectivity index (χ1n) is 12.9. The predicted octanol–water partition coefficient (Wildman–Crippen LogP) is 0.666. The first kappa shape index (κ1) is 34.7. The summed E-state index contributed by atoms with van der Waals surface area (Å²) in [6.07, 6.45) is 1.73. The highest BCUT2D eigenvalue weighted by atomic mass is 16.6. The summed E-state index contributed by atoms with van der Waals surface area (Å²) in [6.45, 7) is 12.3. The Balaban J connectivity index is 5.29. The van der Waals surface area contributed by atoms with Crippen LogP contribution in [0.5, 0.6) is 0 Å². The average Bonchev–Trinajstić information content (AvgIpc) is 2.78. The average molecular weight is 540 g/mol. The number of nitrogens with two attached hydrogens (primary N) is 1. The Morgan fingerprint density at radius 2 is 1.58 bits per heavy atom. The third-order valence-electron chi connectivity index (χ3n) is 5.20. The number of unbranched alkanes of at least 4 members (excludes halogenated alkanes) is 1. The van der Waals surface area contributed by atoms with Gasteiger partial charge in [-0.1, -0.05) is 27.7 Å². The number of alkyl carbamates (subject to hydrolysis) is 1. The minimum atomic E-state index is -0.972. The molecule has 6 N–H and O–H groups in total. The van der Waals surface area contributed by atoms with Gasteiger partial charge in [-0.2, -0.15) is 4.79 Å². The van der Waals surface area contributed by atoms with Gasteiger partial charge in [0, 0.05) is 0 Å². The van der Waals surface area contributed by atoms with Gasteiger partial charge in [-0.15, -0.1) is 0 Å². The molecule has 13 nitrogen and oxygen atoms in total. The van der Waals surface area contributed by atoms with E-state index < -0.39 is 59.9 Å². The molecule has 0 bridgehead atoms. The summed E-state index contributed by atoms with van der Waals surface area (Å²) in [5, 5.41) is 10.2. The molecule has 0 saturated heterocycles. The van der Waals surface area contributed by atoms with Crippen molar-refractivity contribution >= 4 is 35.8 Å². The van der Waals surface area contributed by atoms with Gasteiger partial charge in [0.05, 0.1) is 12.6 Å². The second-order valence-corrected chi connectivity index (χ2v) is 10.8. The number of carbonyl (C=O) groups excluding carboxylic acids is 5. The van der Waals surface area contributed by atoms with Crippen LogP contribution in [0.4, 0.5) is 4.79 Å². The van der Waals surface area contributed by atoms with E-state index in [4.69, 9.17) is 16.0 Å². The molecule has 216 valence electrons. The van der Waals surface area contributed by atoms with Crippen LogP contribution in [0, 0.1) is 11.8 Å². The van der Waals surface area contributed by atoms with E-state index in [1.54, 1.807) is 34.6 Å². The van der Waals surface area contributed by atoms with E-state index in [0.29, 0.717) is 25.6 Å². The van der Waals surface area contributed by atoms with Gasteiger partial charge in [-0.25, -0.2) is 4.79 Å². The van der Waals surface area contributed by atoms with Crippen LogP contribution in [0.15, 0.2) is 0 Å². The molecule has 4 amide bonds. The lowest BCUT2D eigenvalue weighted by Gasteiger charge is -2.27. The van der Waals surface area contributed by atoms with E-state index in [1.807, 2.05) is 13.8 Å². The second-order valence-electron chi connectivity index (χ2n) is 10.8. The molecule has 0 saturated carbocycles. The molecular weight excluding hydrogens is 494 g/mol. The number of rotatable bonds is 16. The highest BCUT2D eigenvalue weighted by Gasteiger charge is 2.31. The van der Waals surface area contributed by atoms with E-state index in [1.165, 1.54) is 0 Å². The minimum absolute atomic E-state index is 0.0264. The standard InChI is InChI=1S/C25H45N7O6/c1-15(2)12-18(31-23(36)21(16(3)4)32-24(37)38-25(5,6)7)22(35)28-14-20(34)30-17(10-8-9-11-26)19(33)13-29-27/h13,15-18,21H,8-12,14,26H2,1-7H3,(H,28,35)(H,30,34)(H,31,36)(H,32,37)/t17-,18-,21-/m0/s1. The predicted molar refractivity (Wildman–Crippen MR) is 142 cm³/mol. The first-order chi connectivity index (χ1) is 17.6. The Bertz CT molecular complexity index is 863. The lowest BCUT2D eigenvalue weighted by atomic mass is 10.00. The minimum Gasteiger partial charge on any atom is -0.444 e. The highest BCUT2D eigenvalue weighted by Crippen LogP contribution is 2.11. The Morgan fingerprint density at radius 3 is 2.08 bits per heavy atom. The highest BCUT2D eigenvalue weighted by molar-refractivity contribution is 6.28. The van der Waals surface area contributed by atoms with Gasteiger partial charge in [-0.05, 0) is 64.8 Å². The lowest BCUT2D eigenvalue weighted by molar-refractivity contribution is -0.132. The van der Waals surface area contributed by atoms with Crippen LogP contribution in [0.1, 0.15) is 74.1 Å². The van der Waals surface area contributed by atoms with Crippen LogP contribution >= 0.6 is 0 Å². The molecule has 0 rings (SSSR count). The largest absolute Gasteiger partial charge is 0.444 e. The maximum atomic E-state index is 13.0. The zero-order valence-corrected chi connectivity index (χ0v) is 23.6. The van der Waals surface area contributed by atoms with Gasteiger partial charge < -0.3 is 37.3 Å². The van der Waals surface area contributed by atoms with Crippen LogP contribution in [0.25, 0.3) is 5.53 Å². The van der Waals surface area contributed by atoms with E-state index >= 15 is 0 Å². The molecule has 0 unspecified atom stereocenters. The first-order valence-corrected chi connectivity index (χ1v) is 12.9. The number of nitrogens with one attached hydrogen (secondary N) is 4. The number of hydrogen-bond donors (Lipinski definition) is 5. The molecule has 0 radical (unpaired) electrons. The summed E-state index contributed by atoms with van der Waals surface area (Å²) in [6, 6.07) is -2.86. The van der Waals surface area contributed by atoms with E-state index in [-0.39, 0.29) is 24.7 Å². The summed E-state index contributed by atoms with van der Waals surface area (Å²) in [5.41, 5.74) is 13.4. The molecule has 0 aromatic heterocycles. The molecule has 0 fully saturated rings. The fourth-order valence-electron chi connectivity index (χ4n) is 3.40. The Kier molecular flexibility index (Phi) is 15.7. The van der Waals surface area contributed by atoms with E-state index in [9.17, 15) is 24.0 Å². The lowest BCUT2D eigenvalue weighted by Crippen LogP contribution is -2.56. The van der Waals surface area contributed by atoms with E-state index in [0.717, 1.165) is 0 Å². The third kappa shape index (κ3) is 15.1. The van der Waals surface area contributed by atoms with Crippen LogP contribution in [0.3, 0.4) is 0 Å². The Hall–Kier alpha value is -3.31. The summed E-state index contributed by atoms with van der Waals surface area (Å²) in [5.74, 6) is -2.65. The van der Waals surface area contributed by atoms with Gasteiger partial charge in [0.1, 0.15) is 17.7 Å². The van der Waals surface area contributed by atoms with Gasteiger partial charge in [0.2, 0.25) is 17.7 Å². The topological polar surface area (TPSA) is 205 Å². The number of ether oxygens (including phenoxy) is 1. The van der Waals surface area contributed by atoms with E-state index in [2.05, 4.69) is 26.1 Å². The van der Waals surface area contributed by atoms with Crippen LogP contribution in [-0.2, 0) is 23.9 Å². The molecule has 0 aromatic carbocycles. The Morgan fingerprint density at radius 1 is 0.947 bits per heavy atom. The summed E-state index contributed by atoms with van der Waals surface area (Å²) < 4.78 is 5.24. The molecule has 13 heteroatoms. The molecule has 38 heavy (non-hydrogen) atoms. The number of carbonyl (C=O) groups is 5. The maximum absolute atomic E-state index is 13.0. The van der Waals surface area contributed by atoms with Gasteiger partial charge in [0.25, 0.3) is 5.78 Å². The summed E-state index contributed by atoms with van der Waals surface area (Å²) in [4.78, 5) is 65.4. The maximum Gasteiger partial charge on any atom is 0.408 e. The summed E-state index contributed by atoms with van der Waals surface area (Å²) in [7, 11) is 0. The quantitative estimate of drug-likeness (QED) is 0.0819. The zero-order valence-electron chi connectivity index (χ0n) is 23.6. The van der Waals surface area contributed by atoms with Gasteiger partial charge in [0.15, 0.2) is 0 Å². The number of Topliss-reactive ketones (excluding diaryl/α,β-unsaturated/α-hetero) is 1. The number of ketones is 1. The van der Waals surface area contributed by atoms with Crippen molar-refractivity contribution in [2.24, 2.45) is 17.6 Å². The van der Waals surface area contributed by atoms with Crippen LogP contribution in [-0.4, -0.2) is 77.4 Å². The van der Waals surface area contributed by atoms with Crippen molar-refractivity contribution in [2.75, 3.05) is 13.1 Å². The molecule has 3 atom stereocenters. The molecular formula is C25H45N7O6. The monoisotopic (exact) mass is 539 g/mol. The van der Waals surface area contributed by atoms with Crippen molar-refractivity contribution in [3.8, 4) is 0 Å². The van der Waals surface area contributed by atoms with Gasteiger partial charge in [-0.3, -0.25) is 19.2 Å². The van der Waals surface area contributed by atoms with Crippen molar-refractivity contribution in [1.82, 2.24) is 21.3 Å². The second kappa shape index (κ2) is 17.2. The van der Waals surface area contributed by atoms with Crippen molar-refractivity contribution in [1.29, 1.82) is 0 Å². The third-order valence-corrected chi connectivity index (χ3v) is 5.20. The molecule has 0 spiro atoms. The SMILES string of the molecule is CC(C)C[C@H](NC(=O)[C@@H](NC(=O)OC(C)(C)C)C(C)C)C(=O)NCC(=O)N[C@@H](CCCCN)C(=O)C=[N+]=[N-]. The molecule has 0 heterocycles. The van der Waals surface area contributed by atoms with Crippen molar-refractivity contribution in [2.45, 2.75) is 97.9 Å². The van der Waals surface area contributed by atoms with Crippen molar-refractivity contribution in [3.63, 3.8) is 0 Å². The normalized spacial score (nSPS) is 13.5.